The molecule has 3 heterocycles. The van der Waals surface area contributed by atoms with Crippen LogP contribution in [0, 0.1) is 6.92 Å². The quantitative estimate of drug-likeness (QED) is 0.600. The van der Waals surface area contributed by atoms with Crippen molar-refractivity contribution in [3.8, 4) is 17.1 Å². The molecule has 26 heavy (non-hydrogen) atoms. The van der Waals surface area contributed by atoms with E-state index in [1.807, 2.05) is 55.6 Å². The summed E-state index contributed by atoms with van der Waals surface area (Å²) >= 11 is 0. The standard InChI is InChI=1S/C20H17N5O/c1-13-5-8-18(22-11-13)24-20-16-10-15(26-2)6-7-17(16)23-19(25-20)14-4-3-9-21-12-14/h3-12H,1-2H3,(H,22,23,24,25). The van der Waals surface area contributed by atoms with Gasteiger partial charge in [0.25, 0.3) is 0 Å². The Kier molecular flexibility index (Phi) is 4.15. The van der Waals surface area contributed by atoms with Crippen LogP contribution in [0.25, 0.3) is 22.3 Å². The summed E-state index contributed by atoms with van der Waals surface area (Å²) in [7, 11) is 1.64. The minimum atomic E-state index is 0.602. The summed E-state index contributed by atoms with van der Waals surface area (Å²) in [4.78, 5) is 17.9. The largest absolute Gasteiger partial charge is 0.497 e. The number of aryl methyl sites for hydroxylation is 1. The summed E-state index contributed by atoms with van der Waals surface area (Å²) in [6.45, 7) is 2.00. The molecular weight excluding hydrogens is 326 g/mol. The minimum Gasteiger partial charge on any atom is -0.497 e. The maximum atomic E-state index is 5.35. The highest BCUT2D eigenvalue weighted by molar-refractivity contribution is 5.93. The van der Waals surface area contributed by atoms with Crippen LogP contribution in [0.3, 0.4) is 0 Å². The molecule has 0 amide bonds. The first-order valence-corrected chi connectivity index (χ1v) is 8.19. The summed E-state index contributed by atoms with van der Waals surface area (Å²) in [6, 6.07) is 13.4. The van der Waals surface area contributed by atoms with Crippen molar-refractivity contribution in [2.45, 2.75) is 6.92 Å². The van der Waals surface area contributed by atoms with Gasteiger partial charge in [-0.25, -0.2) is 15.0 Å². The Bertz CT molecular complexity index is 1050. The van der Waals surface area contributed by atoms with Crippen LogP contribution < -0.4 is 10.1 Å². The molecule has 0 unspecified atom stereocenters. The Morgan fingerprint density at radius 3 is 2.65 bits per heavy atom. The molecule has 0 aliphatic heterocycles. The first-order valence-electron chi connectivity index (χ1n) is 8.19. The van der Waals surface area contributed by atoms with Gasteiger partial charge in [0, 0.05) is 29.5 Å². The van der Waals surface area contributed by atoms with E-state index in [2.05, 4.69) is 20.3 Å². The topological polar surface area (TPSA) is 72.8 Å². The van der Waals surface area contributed by atoms with E-state index in [4.69, 9.17) is 9.72 Å². The Balaban J connectivity index is 1.87. The number of hydrogen-bond donors (Lipinski definition) is 1. The zero-order valence-corrected chi connectivity index (χ0v) is 14.5. The molecule has 0 fully saturated rings. The molecule has 4 rings (SSSR count). The van der Waals surface area contributed by atoms with Crippen molar-refractivity contribution < 1.29 is 4.74 Å². The molecule has 3 aromatic heterocycles. The van der Waals surface area contributed by atoms with Gasteiger partial charge in [-0.3, -0.25) is 4.98 Å². The second-order valence-electron chi connectivity index (χ2n) is 5.87. The van der Waals surface area contributed by atoms with E-state index >= 15 is 0 Å². The fourth-order valence-electron chi connectivity index (χ4n) is 2.62. The molecule has 0 saturated carbocycles. The van der Waals surface area contributed by atoms with E-state index in [9.17, 15) is 0 Å². The van der Waals surface area contributed by atoms with Gasteiger partial charge >= 0.3 is 0 Å². The molecule has 4 aromatic rings. The Hall–Kier alpha value is -3.54. The third kappa shape index (κ3) is 3.17. The third-order valence-electron chi connectivity index (χ3n) is 3.98. The second kappa shape index (κ2) is 6.76. The predicted octanol–water partition coefficient (Wildman–Crippen LogP) is 4.15. The summed E-state index contributed by atoms with van der Waals surface area (Å²) in [6.07, 6.45) is 5.29. The number of pyridine rings is 2. The highest BCUT2D eigenvalue weighted by Crippen LogP contribution is 2.29. The number of ether oxygens (including phenoxy) is 1. The molecule has 0 saturated heterocycles. The molecule has 6 nitrogen and oxygen atoms in total. The first-order chi connectivity index (χ1) is 12.7. The average Bonchev–Trinajstić information content (AvgIpc) is 2.70. The number of nitrogens with zero attached hydrogens (tertiary/aromatic N) is 4. The van der Waals surface area contributed by atoms with Crippen molar-refractivity contribution in [3.05, 3.63) is 66.6 Å². The van der Waals surface area contributed by atoms with Gasteiger partial charge in [-0.05, 0) is 48.9 Å². The third-order valence-corrected chi connectivity index (χ3v) is 3.98. The lowest BCUT2D eigenvalue weighted by molar-refractivity contribution is 0.415. The summed E-state index contributed by atoms with van der Waals surface area (Å²) < 4.78 is 5.35. The van der Waals surface area contributed by atoms with Gasteiger partial charge in [0.2, 0.25) is 0 Å². The molecule has 6 heteroatoms. The van der Waals surface area contributed by atoms with Gasteiger partial charge in [-0.2, -0.15) is 0 Å². The van der Waals surface area contributed by atoms with Crippen LogP contribution in [0.1, 0.15) is 5.56 Å². The van der Waals surface area contributed by atoms with Crippen LogP contribution in [0.2, 0.25) is 0 Å². The SMILES string of the molecule is COc1ccc2nc(-c3cccnc3)nc(Nc3ccc(C)cn3)c2c1. The van der Waals surface area contributed by atoms with E-state index in [-0.39, 0.29) is 0 Å². The zero-order chi connectivity index (χ0) is 17.9. The lowest BCUT2D eigenvalue weighted by atomic mass is 10.2. The Labute approximate surface area is 150 Å². The summed E-state index contributed by atoms with van der Waals surface area (Å²) in [5.74, 6) is 2.74. The number of fused-ring (bicyclic) bond motifs is 1. The molecule has 0 atom stereocenters. The molecule has 128 valence electrons. The van der Waals surface area contributed by atoms with Crippen LogP contribution in [0.15, 0.2) is 61.1 Å². The Morgan fingerprint density at radius 1 is 1.00 bits per heavy atom. The van der Waals surface area contributed by atoms with Gasteiger partial charge in [-0.1, -0.05) is 6.07 Å². The van der Waals surface area contributed by atoms with Gasteiger partial charge in [0.15, 0.2) is 5.82 Å². The molecule has 0 spiro atoms. The number of aromatic nitrogens is 4. The van der Waals surface area contributed by atoms with Crippen LogP contribution in [0.5, 0.6) is 5.75 Å². The molecule has 0 radical (unpaired) electrons. The van der Waals surface area contributed by atoms with E-state index in [0.717, 1.165) is 33.6 Å². The first kappa shape index (κ1) is 16.0. The second-order valence-corrected chi connectivity index (χ2v) is 5.87. The highest BCUT2D eigenvalue weighted by Gasteiger charge is 2.11. The monoisotopic (exact) mass is 343 g/mol. The minimum absolute atomic E-state index is 0.602. The zero-order valence-electron chi connectivity index (χ0n) is 14.5. The van der Waals surface area contributed by atoms with Gasteiger partial charge in [-0.15, -0.1) is 0 Å². The van der Waals surface area contributed by atoms with Crippen molar-refractivity contribution in [2.75, 3.05) is 12.4 Å². The maximum Gasteiger partial charge on any atom is 0.163 e. The van der Waals surface area contributed by atoms with Crippen LogP contribution in [-0.2, 0) is 0 Å². The molecule has 1 N–H and O–H groups in total. The molecule has 0 aliphatic rings. The van der Waals surface area contributed by atoms with Gasteiger partial charge in [0.05, 0.1) is 12.6 Å². The van der Waals surface area contributed by atoms with E-state index in [1.165, 1.54) is 0 Å². The number of anilines is 2. The Morgan fingerprint density at radius 2 is 1.92 bits per heavy atom. The molecule has 1 aromatic carbocycles. The van der Waals surface area contributed by atoms with Crippen LogP contribution in [-0.4, -0.2) is 27.0 Å². The number of rotatable bonds is 4. The summed E-state index contributed by atoms with van der Waals surface area (Å²) in [5, 5.41) is 4.16. The van der Waals surface area contributed by atoms with Crippen LogP contribution in [0.4, 0.5) is 11.6 Å². The number of hydrogen-bond acceptors (Lipinski definition) is 6. The van der Waals surface area contributed by atoms with E-state index < -0.39 is 0 Å². The van der Waals surface area contributed by atoms with E-state index in [1.54, 1.807) is 19.5 Å². The summed E-state index contributed by atoms with van der Waals surface area (Å²) in [5.41, 5.74) is 2.76. The van der Waals surface area contributed by atoms with Crippen LogP contribution >= 0.6 is 0 Å². The number of benzene rings is 1. The molecule has 0 aliphatic carbocycles. The van der Waals surface area contributed by atoms with Gasteiger partial charge in [0.1, 0.15) is 17.4 Å². The number of nitrogens with one attached hydrogen (secondary N) is 1. The normalized spacial score (nSPS) is 10.7. The van der Waals surface area contributed by atoms with Crippen molar-refractivity contribution in [1.82, 2.24) is 19.9 Å². The average molecular weight is 343 g/mol. The fourth-order valence-corrected chi connectivity index (χ4v) is 2.62. The predicted molar refractivity (Wildman–Crippen MR) is 102 cm³/mol. The number of methoxy groups -OCH3 is 1. The van der Waals surface area contributed by atoms with E-state index in [0.29, 0.717) is 11.6 Å². The molecular formula is C20H17N5O. The maximum absolute atomic E-state index is 5.35. The van der Waals surface area contributed by atoms with Gasteiger partial charge < -0.3 is 10.1 Å². The van der Waals surface area contributed by atoms with Crippen molar-refractivity contribution in [3.63, 3.8) is 0 Å². The highest BCUT2D eigenvalue weighted by atomic mass is 16.5. The van der Waals surface area contributed by atoms with Crippen molar-refractivity contribution >= 4 is 22.5 Å². The molecule has 0 bridgehead atoms. The lowest BCUT2D eigenvalue weighted by Crippen LogP contribution is -2.01. The van der Waals surface area contributed by atoms with Crippen molar-refractivity contribution in [1.29, 1.82) is 0 Å². The fraction of sp³-hybridized carbons (Fsp3) is 0.100. The smallest absolute Gasteiger partial charge is 0.163 e. The lowest BCUT2D eigenvalue weighted by Gasteiger charge is -2.11. The van der Waals surface area contributed by atoms with Crippen molar-refractivity contribution in [2.24, 2.45) is 0 Å².